The van der Waals surface area contributed by atoms with E-state index in [-0.39, 0.29) is 5.91 Å². The number of hydrogen-bond acceptors (Lipinski definition) is 5. The van der Waals surface area contributed by atoms with Crippen LogP contribution in [0.2, 0.25) is 0 Å². The number of ether oxygens (including phenoxy) is 2. The van der Waals surface area contributed by atoms with Crippen molar-refractivity contribution in [2.75, 3.05) is 13.2 Å². The third-order valence-corrected chi connectivity index (χ3v) is 6.34. The van der Waals surface area contributed by atoms with Crippen LogP contribution in [0.5, 0.6) is 11.5 Å². The molecule has 0 bridgehead atoms. The summed E-state index contributed by atoms with van der Waals surface area (Å²) in [5.74, 6) is 1.20. The second kappa shape index (κ2) is 10.0. The molecule has 4 rings (SSSR count). The van der Waals surface area contributed by atoms with E-state index in [1.54, 1.807) is 11.0 Å². The molecule has 1 amide bonds. The number of thioether (sulfide) groups is 1. The lowest BCUT2D eigenvalue weighted by molar-refractivity contribution is -0.121. The molecule has 0 spiro atoms. The molecule has 0 atom stereocenters. The number of hydrogen-bond donors (Lipinski definition) is 0. The first-order valence-corrected chi connectivity index (χ1v) is 11.5. The fourth-order valence-corrected chi connectivity index (χ4v) is 4.70. The summed E-state index contributed by atoms with van der Waals surface area (Å²) in [5, 5.41) is 2.39. The number of carbonyl (C=O) groups excluding carboxylic acids is 1. The molecule has 0 aromatic heterocycles. The van der Waals surface area contributed by atoms with Crippen LogP contribution in [0.3, 0.4) is 0 Å². The van der Waals surface area contributed by atoms with Crippen LogP contribution < -0.4 is 9.47 Å². The van der Waals surface area contributed by atoms with E-state index in [2.05, 4.69) is 36.9 Å². The smallest absolute Gasteiger partial charge is 0.266 e. The first-order chi connectivity index (χ1) is 15.6. The summed E-state index contributed by atoms with van der Waals surface area (Å²) in [4.78, 5) is 14.7. The van der Waals surface area contributed by atoms with Gasteiger partial charge in [0.1, 0.15) is 10.9 Å². The quantitative estimate of drug-likeness (QED) is 0.227. The van der Waals surface area contributed by atoms with Crippen LogP contribution in [0.15, 0.2) is 78.2 Å². The van der Waals surface area contributed by atoms with E-state index in [0.29, 0.717) is 40.5 Å². The van der Waals surface area contributed by atoms with Gasteiger partial charge in [0.15, 0.2) is 11.5 Å². The van der Waals surface area contributed by atoms with Crippen molar-refractivity contribution in [3.05, 3.63) is 89.4 Å². The van der Waals surface area contributed by atoms with Crippen molar-refractivity contribution in [3.63, 3.8) is 0 Å². The van der Waals surface area contributed by atoms with Crippen molar-refractivity contribution < 1.29 is 14.3 Å². The molecule has 1 saturated heterocycles. The first kappa shape index (κ1) is 22.1. The summed E-state index contributed by atoms with van der Waals surface area (Å²) in [5.41, 5.74) is 1.94. The van der Waals surface area contributed by atoms with Crippen molar-refractivity contribution in [1.29, 1.82) is 0 Å². The van der Waals surface area contributed by atoms with Gasteiger partial charge in [-0.15, -0.1) is 6.58 Å². The third kappa shape index (κ3) is 4.87. The zero-order chi connectivity index (χ0) is 22.5. The molecule has 0 unspecified atom stereocenters. The van der Waals surface area contributed by atoms with E-state index in [1.807, 2.05) is 43.3 Å². The van der Waals surface area contributed by atoms with E-state index in [1.165, 1.54) is 22.5 Å². The van der Waals surface area contributed by atoms with Gasteiger partial charge in [0.05, 0.1) is 11.5 Å². The van der Waals surface area contributed by atoms with Crippen molar-refractivity contribution in [1.82, 2.24) is 4.90 Å². The molecule has 1 heterocycles. The van der Waals surface area contributed by atoms with Crippen LogP contribution in [0.1, 0.15) is 18.1 Å². The number of nitrogens with zero attached hydrogens (tertiary/aromatic N) is 1. The minimum absolute atomic E-state index is 0.102. The molecular weight excluding hydrogens is 438 g/mol. The summed E-state index contributed by atoms with van der Waals surface area (Å²) < 4.78 is 12.4. The van der Waals surface area contributed by atoms with E-state index in [9.17, 15) is 4.79 Å². The standard InChI is InChI=1S/C26H23NO3S2/c1-3-13-27-25(28)24(32-26(27)31)16-18-10-12-22(23(15-18)29-4-2)30-17-19-9-11-20-7-5-6-8-21(20)14-19/h3,5-12,14-16H,1,4,13,17H2,2H3/b24-16-. The number of thiocarbonyl (C=S) groups is 1. The molecule has 3 aromatic rings. The Labute approximate surface area is 197 Å². The van der Waals surface area contributed by atoms with E-state index in [4.69, 9.17) is 21.7 Å². The monoisotopic (exact) mass is 461 g/mol. The van der Waals surface area contributed by atoms with Crippen molar-refractivity contribution in [2.24, 2.45) is 0 Å². The Kier molecular flexibility index (Phi) is 6.93. The summed E-state index contributed by atoms with van der Waals surface area (Å²) >= 11 is 6.61. The largest absolute Gasteiger partial charge is 0.490 e. The highest BCUT2D eigenvalue weighted by molar-refractivity contribution is 8.26. The lowest BCUT2D eigenvalue weighted by Crippen LogP contribution is -2.27. The van der Waals surface area contributed by atoms with Crippen LogP contribution in [-0.2, 0) is 11.4 Å². The summed E-state index contributed by atoms with van der Waals surface area (Å²) in [7, 11) is 0. The highest BCUT2D eigenvalue weighted by atomic mass is 32.2. The number of fused-ring (bicyclic) bond motifs is 1. The average molecular weight is 462 g/mol. The lowest BCUT2D eigenvalue weighted by atomic mass is 10.1. The van der Waals surface area contributed by atoms with Crippen LogP contribution in [-0.4, -0.2) is 28.3 Å². The Morgan fingerprint density at radius 3 is 2.62 bits per heavy atom. The highest BCUT2D eigenvalue weighted by Crippen LogP contribution is 2.35. The summed E-state index contributed by atoms with van der Waals surface area (Å²) in [6, 6.07) is 20.2. The molecule has 1 fully saturated rings. The van der Waals surface area contributed by atoms with E-state index < -0.39 is 0 Å². The third-order valence-electron chi connectivity index (χ3n) is 4.96. The minimum Gasteiger partial charge on any atom is -0.490 e. The number of rotatable bonds is 8. The Morgan fingerprint density at radius 1 is 1.03 bits per heavy atom. The molecule has 3 aromatic carbocycles. The van der Waals surface area contributed by atoms with Crippen LogP contribution in [0.25, 0.3) is 16.8 Å². The molecule has 0 saturated carbocycles. The molecule has 0 radical (unpaired) electrons. The Morgan fingerprint density at radius 2 is 1.84 bits per heavy atom. The minimum atomic E-state index is -0.102. The second-order valence-corrected chi connectivity index (χ2v) is 8.87. The predicted octanol–water partition coefficient (Wildman–Crippen LogP) is 6.20. The molecule has 6 heteroatoms. The van der Waals surface area contributed by atoms with Crippen LogP contribution in [0, 0.1) is 0 Å². The lowest BCUT2D eigenvalue weighted by Gasteiger charge is -2.13. The maximum Gasteiger partial charge on any atom is 0.266 e. The topological polar surface area (TPSA) is 38.8 Å². The number of carbonyl (C=O) groups is 1. The van der Waals surface area contributed by atoms with Crippen molar-refractivity contribution in [2.45, 2.75) is 13.5 Å². The van der Waals surface area contributed by atoms with Gasteiger partial charge in [-0.25, -0.2) is 0 Å². The Hall–Kier alpha value is -3.09. The van der Waals surface area contributed by atoms with Gasteiger partial charge in [0.25, 0.3) is 5.91 Å². The molecule has 0 aliphatic carbocycles. The predicted molar refractivity (Wildman–Crippen MR) is 136 cm³/mol. The fourth-order valence-electron chi connectivity index (χ4n) is 3.43. The number of amides is 1. The van der Waals surface area contributed by atoms with Gasteiger partial charge in [-0.1, -0.05) is 72.5 Å². The summed E-state index contributed by atoms with van der Waals surface area (Å²) in [6.07, 6.45) is 3.50. The van der Waals surface area contributed by atoms with E-state index in [0.717, 1.165) is 11.1 Å². The van der Waals surface area contributed by atoms with Crippen LogP contribution >= 0.6 is 24.0 Å². The maximum atomic E-state index is 12.6. The molecule has 32 heavy (non-hydrogen) atoms. The van der Waals surface area contributed by atoms with Gasteiger partial charge in [0.2, 0.25) is 0 Å². The van der Waals surface area contributed by atoms with Gasteiger partial charge < -0.3 is 9.47 Å². The SMILES string of the molecule is C=CCN1C(=O)/C(=C/c2ccc(OCc3ccc4ccccc4c3)c(OCC)c2)SC1=S. The van der Waals surface area contributed by atoms with E-state index >= 15 is 0 Å². The molecule has 4 nitrogen and oxygen atoms in total. The van der Waals surface area contributed by atoms with Gasteiger partial charge >= 0.3 is 0 Å². The Balaban J connectivity index is 1.53. The van der Waals surface area contributed by atoms with Gasteiger partial charge in [-0.2, -0.15) is 0 Å². The zero-order valence-corrected chi connectivity index (χ0v) is 19.4. The maximum absolute atomic E-state index is 12.6. The molecule has 162 valence electrons. The van der Waals surface area contributed by atoms with Crippen molar-refractivity contribution >= 4 is 51.1 Å². The Bertz CT molecular complexity index is 1220. The zero-order valence-electron chi connectivity index (χ0n) is 17.7. The normalized spacial score (nSPS) is 14.9. The molecule has 1 aliphatic rings. The average Bonchev–Trinajstić information content (AvgIpc) is 3.06. The van der Waals surface area contributed by atoms with Crippen LogP contribution in [0.4, 0.5) is 0 Å². The van der Waals surface area contributed by atoms with Crippen molar-refractivity contribution in [3.8, 4) is 11.5 Å². The summed E-state index contributed by atoms with van der Waals surface area (Å²) in [6.45, 7) is 6.97. The molecule has 1 aliphatic heterocycles. The first-order valence-electron chi connectivity index (χ1n) is 10.3. The van der Waals surface area contributed by atoms with Gasteiger partial charge in [0, 0.05) is 6.54 Å². The molecule has 0 N–H and O–H groups in total. The molecular formula is C26H23NO3S2. The van der Waals surface area contributed by atoms with Gasteiger partial charge in [-0.05, 0) is 53.1 Å². The second-order valence-electron chi connectivity index (χ2n) is 7.19. The number of benzene rings is 3. The van der Waals surface area contributed by atoms with Gasteiger partial charge in [-0.3, -0.25) is 9.69 Å². The fraction of sp³-hybridized carbons (Fsp3) is 0.154. The highest BCUT2D eigenvalue weighted by Gasteiger charge is 2.31.